The van der Waals surface area contributed by atoms with Gasteiger partial charge in [0.05, 0.1) is 0 Å². The van der Waals surface area contributed by atoms with Crippen molar-refractivity contribution in [1.82, 2.24) is 19.9 Å². The third-order valence-electron chi connectivity index (χ3n) is 5.14. The lowest BCUT2D eigenvalue weighted by molar-refractivity contribution is 0.0746. The Balaban J connectivity index is 1.44. The molecule has 1 amide bonds. The Morgan fingerprint density at radius 2 is 1.59 bits per heavy atom. The first-order chi connectivity index (χ1) is 14.1. The number of carbonyl (C=O) groups is 1. The molecule has 3 aromatic rings. The Morgan fingerprint density at radius 1 is 0.897 bits per heavy atom. The molecule has 0 spiro atoms. The quantitative estimate of drug-likeness (QED) is 0.740. The molecule has 0 aliphatic carbocycles. The first kappa shape index (κ1) is 18.9. The highest BCUT2D eigenvalue weighted by Crippen LogP contribution is 2.24. The van der Waals surface area contributed by atoms with Crippen LogP contribution in [-0.2, 0) is 0 Å². The maximum Gasteiger partial charge on any atom is 0.254 e. The number of aryl methyl sites for hydroxylation is 2. The fourth-order valence-electron chi connectivity index (χ4n) is 3.52. The van der Waals surface area contributed by atoms with Crippen molar-refractivity contribution in [2.45, 2.75) is 13.8 Å². The van der Waals surface area contributed by atoms with E-state index < -0.39 is 0 Å². The third kappa shape index (κ3) is 4.18. The van der Waals surface area contributed by atoms with Gasteiger partial charge < -0.3 is 15.1 Å². The molecule has 0 unspecified atom stereocenters. The zero-order valence-electron chi connectivity index (χ0n) is 16.7. The fraction of sp³-hybridized carbons (Fsp3) is 0.273. The molecule has 1 fully saturated rings. The fourth-order valence-corrected chi connectivity index (χ4v) is 3.52. The molecule has 7 heteroatoms. The minimum absolute atomic E-state index is 0.0191. The van der Waals surface area contributed by atoms with Crippen molar-refractivity contribution in [1.29, 1.82) is 0 Å². The number of hydrogen-bond acceptors (Lipinski definition) is 6. The van der Waals surface area contributed by atoms with Crippen molar-refractivity contribution in [3.63, 3.8) is 0 Å². The van der Waals surface area contributed by atoms with Gasteiger partial charge in [-0.2, -0.15) is 0 Å². The van der Waals surface area contributed by atoms with Crippen LogP contribution in [0.3, 0.4) is 0 Å². The topological polar surface area (TPSA) is 74.2 Å². The Labute approximate surface area is 170 Å². The number of pyridine rings is 1. The van der Waals surface area contributed by atoms with E-state index >= 15 is 0 Å². The second kappa shape index (κ2) is 8.26. The molecule has 4 rings (SSSR count). The minimum atomic E-state index is 0.0191. The van der Waals surface area contributed by atoms with Gasteiger partial charge in [-0.3, -0.25) is 4.79 Å². The third-order valence-corrected chi connectivity index (χ3v) is 5.14. The number of amides is 1. The summed E-state index contributed by atoms with van der Waals surface area (Å²) >= 11 is 0. The second-order valence-corrected chi connectivity index (χ2v) is 7.15. The molecule has 1 aliphatic rings. The summed E-state index contributed by atoms with van der Waals surface area (Å²) in [7, 11) is 0. The van der Waals surface area contributed by atoms with Crippen LogP contribution in [0.15, 0.2) is 55.0 Å². The Bertz CT molecular complexity index is 979. The molecule has 7 nitrogen and oxygen atoms in total. The van der Waals surface area contributed by atoms with Gasteiger partial charge in [0.2, 0.25) is 5.95 Å². The molecule has 1 aliphatic heterocycles. The summed E-state index contributed by atoms with van der Waals surface area (Å²) in [5.41, 5.74) is 3.95. The zero-order chi connectivity index (χ0) is 20.2. The van der Waals surface area contributed by atoms with Gasteiger partial charge >= 0.3 is 0 Å². The number of rotatable bonds is 4. The monoisotopic (exact) mass is 388 g/mol. The highest BCUT2D eigenvalue weighted by molar-refractivity contribution is 5.95. The van der Waals surface area contributed by atoms with Gasteiger partial charge in [-0.1, -0.05) is 18.2 Å². The average molecular weight is 388 g/mol. The number of piperazine rings is 1. The maximum atomic E-state index is 13.0. The molecule has 29 heavy (non-hydrogen) atoms. The van der Waals surface area contributed by atoms with Gasteiger partial charge in [0.1, 0.15) is 5.82 Å². The van der Waals surface area contributed by atoms with E-state index in [0.29, 0.717) is 43.5 Å². The highest BCUT2D eigenvalue weighted by Gasteiger charge is 2.23. The molecule has 0 bridgehead atoms. The van der Waals surface area contributed by atoms with E-state index in [1.165, 1.54) is 0 Å². The van der Waals surface area contributed by atoms with Crippen LogP contribution in [0.4, 0.5) is 17.5 Å². The zero-order valence-corrected chi connectivity index (χ0v) is 16.7. The summed E-state index contributed by atoms with van der Waals surface area (Å²) in [6.45, 7) is 6.82. The van der Waals surface area contributed by atoms with Gasteiger partial charge in [0.15, 0.2) is 0 Å². The van der Waals surface area contributed by atoms with Crippen LogP contribution in [0.2, 0.25) is 0 Å². The smallest absolute Gasteiger partial charge is 0.254 e. The van der Waals surface area contributed by atoms with Gasteiger partial charge in [0, 0.05) is 56.0 Å². The molecule has 0 saturated carbocycles. The van der Waals surface area contributed by atoms with E-state index in [1.54, 1.807) is 30.7 Å². The Hall–Kier alpha value is -3.48. The van der Waals surface area contributed by atoms with E-state index in [0.717, 1.165) is 16.8 Å². The lowest BCUT2D eigenvalue weighted by Gasteiger charge is -2.34. The summed E-state index contributed by atoms with van der Waals surface area (Å²) in [6.07, 6.45) is 5.15. The van der Waals surface area contributed by atoms with Gasteiger partial charge in [-0.05, 0) is 43.2 Å². The number of nitrogens with zero attached hydrogens (tertiary/aromatic N) is 5. The molecule has 148 valence electrons. The molecule has 0 radical (unpaired) electrons. The summed E-state index contributed by atoms with van der Waals surface area (Å²) in [6, 6.07) is 11.5. The van der Waals surface area contributed by atoms with Crippen molar-refractivity contribution in [3.8, 4) is 0 Å². The van der Waals surface area contributed by atoms with E-state index in [2.05, 4.69) is 51.1 Å². The molecule has 3 heterocycles. The maximum absolute atomic E-state index is 13.0. The number of nitrogens with one attached hydrogen (secondary N) is 1. The lowest BCUT2D eigenvalue weighted by atomic mass is 10.1. The molecule has 1 N–H and O–H groups in total. The van der Waals surface area contributed by atoms with Gasteiger partial charge in [0.25, 0.3) is 5.91 Å². The predicted molar refractivity (Wildman–Crippen MR) is 114 cm³/mol. The van der Waals surface area contributed by atoms with Gasteiger partial charge in [-0.25, -0.2) is 15.0 Å². The summed E-state index contributed by atoms with van der Waals surface area (Å²) < 4.78 is 0. The second-order valence-electron chi connectivity index (χ2n) is 7.15. The van der Waals surface area contributed by atoms with Crippen LogP contribution in [-0.4, -0.2) is 51.9 Å². The van der Waals surface area contributed by atoms with E-state index in [9.17, 15) is 4.79 Å². The SMILES string of the molecule is Cc1cccc(C)c1Nc1cc(C(=O)N2CCN(c3ncccn3)CC2)ccn1. The molecule has 2 aromatic heterocycles. The van der Waals surface area contributed by atoms with Crippen molar-refractivity contribution < 1.29 is 4.79 Å². The summed E-state index contributed by atoms with van der Waals surface area (Å²) in [4.78, 5) is 29.9. The lowest BCUT2D eigenvalue weighted by Crippen LogP contribution is -2.49. The summed E-state index contributed by atoms with van der Waals surface area (Å²) in [5.74, 6) is 1.40. The Morgan fingerprint density at radius 3 is 2.28 bits per heavy atom. The van der Waals surface area contributed by atoms with Crippen molar-refractivity contribution in [2.24, 2.45) is 0 Å². The van der Waals surface area contributed by atoms with Crippen LogP contribution < -0.4 is 10.2 Å². The van der Waals surface area contributed by atoms with E-state index in [-0.39, 0.29) is 5.91 Å². The number of anilines is 3. The van der Waals surface area contributed by atoms with E-state index in [1.807, 2.05) is 17.0 Å². The number of hydrogen-bond donors (Lipinski definition) is 1. The minimum Gasteiger partial charge on any atom is -0.340 e. The molecular formula is C22H24N6O. The highest BCUT2D eigenvalue weighted by atomic mass is 16.2. The summed E-state index contributed by atoms with van der Waals surface area (Å²) in [5, 5.41) is 3.36. The van der Waals surface area contributed by atoms with E-state index in [4.69, 9.17) is 0 Å². The number of para-hydroxylation sites is 1. The first-order valence-corrected chi connectivity index (χ1v) is 9.72. The number of carbonyl (C=O) groups excluding carboxylic acids is 1. The number of aromatic nitrogens is 3. The van der Waals surface area contributed by atoms with Crippen LogP contribution in [0.25, 0.3) is 0 Å². The molecule has 1 saturated heterocycles. The number of benzene rings is 1. The molecule has 0 atom stereocenters. The van der Waals surface area contributed by atoms with Crippen LogP contribution in [0.5, 0.6) is 0 Å². The van der Waals surface area contributed by atoms with Crippen LogP contribution in [0, 0.1) is 13.8 Å². The van der Waals surface area contributed by atoms with Crippen molar-refractivity contribution in [2.75, 3.05) is 36.4 Å². The normalized spacial score (nSPS) is 14.0. The predicted octanol–water partition coefficient (Wildman–Crippen LogP) is 3.19. The largest absolute Gasteiger partial charge is 0.340 e. The van der Waals surface area contributed by atoms with Crippen molar-refractivity contribution >= 4 is 23.4 Å². The first-order valence-electron chi connectivity index (χ1n) is 9.72. The Kier molecular flexibility index (Phi) is 5.37. The average Bonchev–Trinajstić information content (AvgIpc) is 2.77. The van der Waals surface area contributed by atoms with Crippen molar-refractivity contribution in [3.05, 3.63) is 71.7 Å². The van der Waals surface area contributed by atoms with Gasteiger partial charge in [-0.15, -0.1) is 0 Å². The van der Waals surface area contributed by atoms with Crippen LogP contribution >= 0.6 is 0 Å². The molecular weight excluding hydrogens is 364 g/mol. The molecule has 1 aromatic carbocycles. The van der Waals surface area contributed by atoms with Crippen LogP contribution in [0.1, 0.15) is 21.5 Å². The standard InChI is InChI=1S/C22H24N6O/c1-16-5-3-6-17(2)20(16)26-19-15-18(7-10-23-19)21(29)27-11-13-28(14-12-27)22-24-8-4-9-25-22/h3-10,15H,11-14H2,1-2H3,(H,23,26).